The topological polar surface area (TPSA) is 38.3 Å². The van der Waals surface area contributed by atoms with Crippen molar-refractivity contribution < 1.29 is 22.7 Å². The first-order chi connectivity index (χ1) is 10.9. The Labute approximate surface area is 139 Å². The summed E-state index contributed by atoms with van der Waals surface area (Å²) in [6, 6.07) is 8.89. The van der Waals surface area contributed by atoms with Gasteiger partial charge in [-0.15, -0.1) is 24.5 Å². The predicted octanol–water partition coefficient (Wildman–Crippen LogP) is 4.31. The SMILES string of the molecule is O=C(NCCSCc1cccs1)c1ccc(OC(F)(F)F)cc1. The molecule has 23 heavy (non-hydrogen) atoms. The molecule has 1 aromatic carbocycles. The molecule has 0 bridgehead atoms. The zero-order valence-electron chi connectivity index (χ0n) is 11.9. The molecule has 0 spiro atoms. The van der Waals surface area contributed by atoms with E-state index < -0.39 is 6.36 Å². The second kappa shape index (κ2) is 8.26. The molecule has 0 fully saturated rings. The van der Waals surface area contributed by atoms with Crippen LogP contribution in [0.15, 0.2) is 41.8 Å². The van der Waals surface area contributed by atoms with Crippen LogP contribution in [0.3, 0.4) is 0 Å². The fraction of sp³-hybridized carbons (Fsp3) is 0.267. The van der Waals surface area contributed by atoms with Crippen LogP contribution in [0.1, 0.15) is 15.2 Å². The molecule has 1 heterocycles. The van der Waals surface area contributed by atoms with E-state index in [2.05, 4.69) is 16.1 Å². The maximum Gasteiger partial charge on any atom is 0.573 e. The zero-order valence-corrected chi connectivity index (χ0v) is 13.6. The first kappa shape index (κ1) is 17.7. The lowest BCUT2D eigenvalue weighted by Crippen LogP contribution is -2.25. The van der Waals surface area contributed by atoms with Crippen LogP contribution < -0.4 is 10.1 Å². The van der Waals surface area contributed by atoms with Gasteiger partial charge in [-0.25, -0.2) is 0 Å². The molecule has 1 amide bonds. The van der Waals surface area contributed by atoms with Crippen molar-refractivity contribution in [2.24, 2.45) is 0 Å². The fourth-order valence-electron chi connectivity index (χ4n) is 1.71. The van der Waals surface area contributed by atoms with Gasteiger partial charge in [-0.05, 0) is 35.7 Å². The normalized spacial score (nSPS) is 11.3. The van der Waals surface area contributed by atoms with E-state index in [9.17, 15) is 18.0 Å². The molecule has 0 saturated heterocycles. The number of carbonyl (C=O) groups excluding carboxylic acids is 1. The van der Waals surface area contributed by atoms with E-state index >= 15 is 0 Å². The Morgan fingerprint density at radius 1 is 1.22 bits per heavy atom. The molecular weight excluding hydrogens is 347 g/mol. The van der Waals surface area contributed by atoms with E-state index in [1.54, 1.807) is 23.1 Å². The third kappa shape index (κ3) is 6.54. The Bertz CT molecular complexity index is 613. The van der Waals surface area contributed by atoms with Crippen LogP contribution in [0.5, 0.6) is 5.75 Å². The first-order valence-electron chi connectivity index (χ1n) is 6.68. The molecule has 0 aliphatic heterocycles. The van der Waals surface area contributed by atoms with Crippen LogP contribution >= 0.6 is 23.1 Å². The third-order valence-corrected chi connectivity index (χ3v) is 4.77. The number of hydrogen-bond acceptors (Lipinski definition) is 4. The summed E-state index contributed by atoms with van der Waals surface area (Å²) in [5, 5.41) is 4.75. The van der Waals surface area contributed by atoms with Gasteiger partial charge in [0.1, 0.15) is 5.75 Å². The molecule has 0 atom stereocenters. The van der Waals surface area contributed by atoms with Gasteiger partial charge in [-0.1, -0.05) is 6.07 Å². The van der Waals surface area contributed by atoms with Gasteiger partial charge in [-0.3, -0.25) is 4.79 Å². The van der Waals surface area contributed by atoms with Gasteiger partial charge in [0.25, 0.3) is 5.91 Å². The minimum absolute atomic E-state index is 0.294. The number of ether oxygens (including phenoxy) is 1. The Morgan fingerprint density at radius 2 is 1.96 bits per heavy atom. The lowest BCUT2D eigenvalue weighted by Gasteiger charge is -2.09. The van der Waals surface area contributed by atoms with Crippen molar-refractivity contribution in [2.45, 2.75) is 12.1 Å². The molecule has 1 aromatic heterocycles. The summed E-state index contributed by atoms with van der Waals surface area (Å²) in [6.07, 6.45) is -4.73. The Hall–Kier alpha value is -1.67. The molecule has 8 heteroatoms. The quantitative estimate of drug-likeness (QED) is 0.747. The summed E-state index contributed by atoms with van der Waals surface area (Å²) in [7, 11) is 0. The molecule has 3 nitrogen and oxygen atoms in total. The summed E-state index contributed by atoms with van der Waals surface area (Å²) in [5.74, 6) is 0.997. The summed E-state index contributed by atoms with van der Waals surface area (Å²) in [5.41, 5.74) is 0.294. The van der Waals surface area contributed by atoms with Crippen LogP contribution in [0, 0.1) is 0 Å². The summed E-state index contributed by atoms with van der Waals surface area (Å²) in [6.45, 7) is 0.496. The summed E-state index contributed by atoms with van der Waals surface area (Å²) in [4.78, 5) is 13.1. The summed E-state index contributed by atoms with van der Waals surface area (Å²) >= 11 is 3.40. The number of carbonyl (C=O) groups is 1. The van der Waals surface area contributed by atoms with Crippen molar-refractivity contribution in [2.75, 3.05) is 12.3 Å². The molecule has 124 valence electrons. The third-order valence-electron chi connectivity index (χ3n) is 2.71. The van der Waals surface area contributed by atoms with Gasteiger partial charge in [-0.2, -0.15) is 11.8 Å². The van der Waals surface area contributed by atoms with Crippen molar-refractivity contribution in [3.05, 3.63) is 52.2 Å². The monoisotopic (exact) mass is 361 g/mol. The van der Waals surface area contributed by atoms with E-state index in [0.29, 0.717) is 12.1 Å². The lowest BCUT2D eigenvalue weighted by molar-refractivity contribution is -0.274. The maximum atomic E-state index is 12.0. The number of nitrogens with one attached hydrogen (secondary N) is 1. The van der Waals surface area contributed by atoms with Crippen LogP contribution in [-0.4, -0.2) is 24.6 Å². The first-order valence-corrected chi connectivity index (χ1v) is 8.71. The minimum atomic E-state index is -4.73. The Morgan fingerprint density at radius 3 is 2.57 bits per heavy atom. The van der Waals surface area contributed by atoms with Crippen molar-refractivity contribution in [1.82, 2.24) is 5.32 Å². The molecule has 1 N–H and O–H groups in total. The average Bonchev–Trinajstić information content (AvgIpc) is 2.99. The highest BCUT2D eigenvalue weighted by Crippen LogP contribution is 2.22. The summed E-state index contributed by atoms with van der Waals surface area (Å²) < 4.78 is 39.9. The van der Waals surface area contributed by atoms with E-state index in [0.717, 1.165) is 23.6 Å². The molecule has 0 radical (unpaired) electrons. The van der Waals surface area contributed by atoms with E-state index in [1.807, 2.05) is 11.4 Å². The maximum absolute atomic E-state index is 12.0. The molecule has 0 aliphatic carbocycles. The number of rotatable bonds is 7. The van der Waals surface area contributed by atoms with Crippen LogP contribution in [0.25, 0.3) is 0 Å². The largest absolute Gasteiger partial charge is 0.573 e. The number of amides is 1. The van der Waals surface area contributed by atoms with Gasteiger partial charge in [0.15, 0.2) is 0 Å². The van der Waals surface area contributed by atoms with Gasteiger partial charge < -0.3 is 10.1 Å². The second-order valence-electron chi connectivity index (χ2n) is 4.46. The van der Waals surface area contributed by atoms with E-state index in [-0.39, 0.29) is 11.7 Å². The standard InChI is InChI=1S/C15H14F3NO2S2/c16-15(17,18)21-12-5-3-11(4-6-12)14(20)19-7-9-22-10-13-2-1-8-23-13/h1-6,8H,7,9-10H2,(H,19,20). The van der Waals surface area contributed by atoms with E-state index in [1.165, 1.54) is 17.0 Å². The molecule has 2 aromatic rings. The predicted molar refractivity (Wildman–Crippen MR) is 85.9 cm³/mol. The van der Waals surface area contributed by atoms with Crippen LogP contribution in [-0.2, 0) is 5.75 Å². The Kier molecular flexibility index (Phi) is 6.35. The highest BCUT2D eigenvalue weighted by atomic mass is 32.2. The highest BCUT2D eigenvalue weighted by Gasteiger charge is 2.31. The van der Waals surface area contributed by atoms with Crippen molar-refractivity contribution >= 4 is 29.0 Å². The van der Waals surface area contributed by atoms with Crippen LogP contribution in [0.4, 0.5) is 13.2 Å². The number of thiophene rings is 1. The highest BCUT2D eigenvalue weighted by molar-refractivity contribution is 7.98. The van der Waals surface area contributed by atoms with Gasteiger partial charge in [0.2, 0.25) is 0 Å². The smallest absolute Gasteiger partial charge is 0.406 e. The van der Waals surface area contributed by atoms with Crippen molar-refractivity contribution in [1.29, 1.82) is 0 Å². The number of halogens is 3. The molecular formula is C15H14F3NO2S2. The zero-order chi connectivity index (χ0) is 16.7. The van der Waals surface area contributed by atoms with Crippen molar-refractivity contribution in [3.8, 4) is 5.75 Å². The fourth-order valence-corrected chi connectivity index (χ4v) is 3.41. The molecule has 2 rings (SSSR count). The molecule has 0 saturated carbocycles. The van der Waals surface area contributed by atoms with Crippen LogP contribution in [0.2, 0.25) is 0 Å². The number of thioether (sulfide) groups is 1. The number of benzene rings is 1. The number of alkyl halides is 3. The van der Waals surface area contributed by atoms with Gasteiger partial charge >= 0.3 is 6.36 Å². The minimum Gasteiger partial charge on any atom is -0.406 e. The Balaban J connectivity index is 1.70. The van der Waals surface area contributed by atoms with Gasteiger partial charge in [0, 0.05) is 28.5 Å². The van der Waals surface area contributed by atoms with Crippen molar-refractivity contribution in [3.63, 3.8) is 0 Å². The average molecular weight is 361 g/mol. The molecule has 0 unspecified atom stereocenters. The molecule has 0 aliphatic rings. The van der Waals surface area contributed by atoms with Gasteiger partial charge in [0.05, 0.1) is 0 Å². The van der Waals surface area contributed by atoms with E-state index in [4.69, 9.17) is 0 Å². The second-order valence-corrected chi connectivity index (χ2v) is 6.60. The number of hydrogen-bond donors (Lipinski definition) is 1. The lowest BCUT2D eigenvalue weighted by atomic mass is 10.2.